The van der Waals surface area contributed by atoms with Gasteiger partial charge in [0.2, 0.25) is 11.0 Å². The van der Waals surface area contributed by atoms with E-state index < -0.39 is 4.92 Å². The number of aromatic nitrogens is 2. The highest BCUT2D eigenvalue weighted by Gasteiger charge is 2.25. The highest BCUT2D eigenvalue weighted by molar-refractivity contribution is 6.31. The van der Waals surface area contributed by atoms with Crippen LogP contribution < -0.4 is 10.1 Å². The maximum Gasteiger partial charge on any atom is 0.348 e. The van der Waals surface area contributed by atoms with Gasteiger partial charge in [0.15, 0.2) is 0 Å². The lowest BCUT2D eigenvalue weighted by atomic mass is 10.1. The van der Waals surface area contributed by atoms with Gasteiger partial charge in [0.1, 0.15) is 18.2 Å². The van der Waals surface area contributed by atoms with Crippen molar-refractivity contribution in [2.45, 2.75) is 12.5 Å². The summed E-state index contributed by atoms with van der Waals surface area (Å²) in [5, 5.41) is 13.7. The molecule has 1 atom stereocenters. The van der Waals surface area contributed by atoms with E-state index >= 15 is 0 Å². The smallest absolute Gasteiger partial charge is 0.348 e. The standard InChI is InChI=1S/C13H11ClN4O3/c14-12-11(18(19)20)13(17-7-16-12)15-6-9-5-8-3-1-2-4-10(8)21-9/h1-4,7,9H,5-6H2,(H,15,16,17). The highest BCUT2D eigenvalue weighted by Crippen LogP contribution is 2.30. The average molecular weight is 307 g/mol. The Balaban J connectivity index is 1.70. The number of nitro groups is 1. The van der Waals surface area contributed by atoms with Crippen LogP contribution in [-0.4, -0.2) is 27.5 Å². The molecule has 0 bridgehead atoms. The molecular weight excluding hydrogens is 296 g/mol. The predicted molar refractivity (Wildman–Crippen MR) is 76.7 cm³/mol. The average Bonchev–Trinajstić information content (AvgIpc) is 2.87. The van der Waals surface area contributed by atoms with Crippen molar-refractivity contribution in [3.8, 4) is 5.75 Å². The van der Waals surface area contributed by atoms with Gasteiger partial charge in [0.25, 0.3) is 0 Å². The minimum Gasteiger partial charge on any atom is -0.488 e. The maximum atomic E-state index is 11.0. The second-order valence-electron chi connectivity index (χ2n) is 4.55. The predicted octanol–water partition coefficient (Wildman–Crippen LogP) is 2.45. The summed E-state index contributed by atoms with van der Waals surface area (Å²) in [5.74, 6) is 0.944. The van der Waals surface area contributed by atoms with E-state index in [4.69, 9.17) is 16.3 Å². The molecule has 0 fully saturated rings. The second-order valence-corrected chi connectivity index (χ2v) is 4.91. The molecule has 1 N–H and O–H groups in total. The molecule has 1 aromatic carbocycles. The molecule has 0 radical (unpaired) electrons. The van der Waals surface area contributed by atoms with Crippen molar-refractivity contribution in [1.82, 2.24) is 9.97 Å². The van der Waals surface area contributed by atoms with Gasteiger partial charge in [-0.2, -0.15) is 0 Å². The molecule has 2 heterocycles. The number of fused-ring (bicyclic) bond motifs is 1. The quantitative estimate of drug-likeness (QED) is 0.530. The lowest BCUT2D eigenvalue weighted by Crippen LogP contribution is -2.24. The van der Waals surface area contributed by atoms with Crippen LogP contribution >= 0.6 is 11.6 Å². The van der Waals surface area contributed by atoms with Crippen molar-refractivity contribution >= 4 is 23.1 Å². The van der Waals surface area contributed by atoms with Crippen molar-refractivity contribution < 1.29 is 9.66 Å². The first-order chi connectivity index (χ1) is 10.1. The van der Waals surface area contributed by atoms with Gasteiger partial charge in [0, 0.05) is 6.42 Å². The molecule has 2 aromatic rings. The van der Waals surface area contributed by atoms with E-state index in [2.05, 4.69) is 15.3 Å². The first-order valence-corrected chi connectivity index (χ1v) is 6.66. The van der Waals surface area contributed by atoms with Crippen LogP contribution in [0.4, 0.5) is 11.5 Å². The maximum absolute atomic E-state index is 11.0. The first kappa shape index (κ1) is 13.6. The zero-order valence-electron chi connectivity index (χ0n) is 10.8. The van der Waals surface area contributed by atoms with E-state index in [0.717, 1.165) is 17.7 Å². The number of rotatable bonds is 4. The number of benzene rings is 1. The van der Waals surface area contributed by atoms with Gasteiger partial charge in [-0.05, 0) is 11.6 Å². The molecule has 0 saturated heterocycles. The highest BCUT2D eigenvalue weighted by atomic mass is 35.5. The van der Waals surface area contributed by atoms with Crippen LogP contribution in [0.1, 0.15) is 5.56 Å². The van der Waals surface area contributed by atoms with Gasteiger partial charge in [0.05, 0.1) is 11.5 Å². The van der Waals surface area contributed by atoms with E-state index in [-0.39, 0.29) is 22.8 Å². The molecule has 0 saturated carbocycles. The number of nitrogens with zero attached hydrogens (tertiary/aromatic N) is 3. The van der Waals surface area contributed by atoms with Crippen molar-refractivity contribution in [2.75, 3.05) is 11.9 Å². The minimum atomic E-state index is -0.602. The van der Waals surface area contributed by atoms with Crippen LogP contribution in [0, 0.1) is 10.1 Å². The summed E-state index contributed by atoms with van der Waals surface area (Å²) < 4.78 is 5.75. The number of ether oxygens (including phenoxy) is 1. The number of halogens is 1. The number of nitrogens with one attached hydrogen (secondary N) is 1. The zero-order valence-corrected chi connectivity index (χ0v) is 11.6. The van der Waals surface area contributed by atoms with Crippen LogP contribution in [0.15, 0.2) is 30.6 Å². The third-order valence-electron chi connectivity index (χ3n) is 3.17. The Morgan fingerprint density at radius 3 is 3.00 bits per heavy atom. The number of hydrogen-bond donors (Lipinski definition) is 1. The Morgan fingerprint density at radius 1 is 1.43 bits per heavy atom. The SMILES string of the molecule is O=[N+]([O-])c1c(Cl)ncnc1NCC1Cc2ccccc2O1. The van der Waals surface area contributed by atoms with Gasteiger partial charge >= 0.3 is 5.69 Å². The largest absolute Gasteiger partial charge is 0.488 e. The first-order valence-electron chi connectivity index (χ1n) is 6.28. The van der Waals surface area contributed by atoms with Crippen LogP contribution in [0.25, 0.3) is 0 Å². The molecule has 21 heavy (non-hydrogen) atoms. The summed E-state index contributed by atoms with van der Waals surface area (Å²) >= 11 is 5.73. The molecule has 0 spiro atoms. The molecule has 1 aromatic heterocycles. The number of para-hydroxylation sites is 1. The van der Waals surface area contributed by atoms with Gasteiger partial charge in [-0.1, -0.05) is 29.8 Å². The van der Waals surface area contributed by atoms with E-state index in [1.807, 2.05) is 24.3 Å². The molecule has 0 aliphatic carbocycles. The van der Waals surface area contributed by atoms with E-state index in [9.17, 15) is 10.1 Å². The Labute approximate surface area is 125 Å². The van der Waals surface area contributed by atoms with Gasteiger partial charge in [-0.25, -0.2) is 9.97 Å². The fourth-order valence-corrected chi connectivity index (χ4v) is 2.43. The Morgan fingerprint density at radius 2 is 2.24 bits per heavy atom. The zero-order chi connectivity index (χ0) is 14.8. The summed E-state index contributed by atoms with van der Waals surface area (Å²) in [5.41, 5.74) is 0.800. The Bertz CT molecular complexity index is 670. The van der Waals surface area contributed by atoms with Crippen LogP contribution in [-0.2, 0) is 6.42 Å². The molecule has 1 aliphatic rings. The van der Waals surface area contributed by atoms with Crippen molar-refractivity contribution in [3.05, 3.63) is 51.4 Å². The summed E-state index contributed by atoms with van der Waals surface area (Å²) in [6, 6.07) is 7.76. The van der Waals surface area contributed by atoms with Gasteiger partial charge < -0.3 is 10.1 Å². The van der Waals surface area contributed by atoms with Crippen molar-refractivity contribution in [1.29, 1.82) is 0 Å². The fourth-order valence-electron chi connectivity index (χ4n) is 2.23. The third-order valence-corrected chi connectivity index (χ3v) is 3.45. The Kier molecular flexibility index (Phi) is 3.57. The molecule has 0 amide bonds. The van der Waals surface area contributed by atoms with Gasteiger partial charge in [-0.3, -0.25) is 10.1 Å². The minimum absolute atomic E-state index is 0.0968. The molecule has 1 aliphatic heterocycles. The van der Waals surface area contributed by atoms with Crippen LogP contribution in [0.5, 0.6) is 5.75 Å². The second kappa shape index (κ2) is 5.53. The van der Waals surface area contributed by atoms with E-state index in [1.165, 1.54) is 6.33 Å². The summed E-state index contributed by atoms with van der Waals surface area (Å²) in [4.78, 5) is 17.9. The monoisotopic (exact) mass is 306 g/mol. The van der Waals surface area contributed by atoms with Crippen molar-refractivity contribution in [2.24, 2.45) is 0 Å². The summed E-state index contributed by atoms with van der Waals surface area (Å²) in [7, 11) is 0. The number of anilines is 1. The molecule has 8 heteroatoms. The van der Waals surface area contributed by atoms with Crippen molar-refractivity contribution in [3.63, 3.8) is 0 Å². The Hall–Kier alpha value is -2.41. The van der Waals surface area contributed by atoms with Crippen LogP contribution in [0.2, 0.25) is 5.15 Å². The molecule has 3 rings (SSSR count). The molecule has 7 nitrogen and oxygen atoms in total. The lowest BCUT2D eigenvalue weighted by Gasteiger charge is -2.12. The summed E-state index contributed by atoms with van der Waals surface area (Å²) in [6.07, 6.45) is 1.83. The van der Waals surface area contributed by atoms with Gasteiger partial charge in [-0.15, -0.1) is 0 Å². The topological polar surface area (TPSA) is 90.2 Å². The number of hydrogen-bond acceptors (Lipinski definition) is 6. The molecular formula is C13H11ClN4O3. The molecule has 1 unspecified atom stereocenters. The third kappa shape index (κ3) is 2.73. The molecule has 108 valence electrons. The fraction of sp³-hybridized carbons (Fsp3) is 0.231. The van der Waals surface area contributed by atoms with E-state index in [1.54, 1.807) is 0 Å². The summed E-state index contributed by atoms with van der Waals surface area (Å²) in [6.45, 7) is 0.392. The van der Waals surface area contributed by atoms with E-state index in [0.29, 0.717) is 6.54 Å². The lowest BCUT2D eigenvalue weighted by molar-refractivity contribution is -0.384. The normalized spacial score (nSPS) is 16.1. The van der Waals surface area contributed by atoms with Crippen LogP contribution in [0.3, 0.4) is 0 Å².